The van der Waals surface area contributed by atoms with E-state index < -0.39 is 0 Å². The summed E-state index contributed by atoms with van der Waals surface area (Å²) in [5.74, 6) is 0.726. The zero-order valence-electron chi connectivity index (χ0n) is 10.8. The molecule has 0 aliphatic rings. The number of anilines is 1. The Hall–Kier alpha value is -0.710. The van der Waals surface area contributed by atoms with Crippen LogP contribution >= 0.6 is 38.9 Å². The van der Waals surface area contributed by atoms with Gasteiger partial charge in [-0.1, -0.05) is 11.6 Å². The molecule has 0 aliphatic carbocycles. The van der Waals surface area contributed by atoms with Gasteiger partial charge in [0.05, 0.1) is 11.6 Å². The Bertz CT molecular complexity index is 551. The van der Waals surface area contributed by atoms with E-state index in [9.17, 15) is 0 Å². The number of hydrogen-bond donors (Lipinski definition) is 1. The van der Waals surface area contributed by atoms with Crippen molar-refractivity contribution in [1.82, 2.24) is 0 Å². The number of thiophene rings is 1. The average molecular weight is 361 g/mol. The monoisotopic (exact) mass is 359 g/mol. The van der Waals surface area contributed by atoms with Crippen LogP contribution in [0.25, 0.3) is 0 Å². The number of rotatable bonds is 5. The number of nitrogens with one attached hydrogen (secondary N) is 1. The Labute approximate surface area is 130 Å². The van der Waals surface area contributed by atoms with E-state index in [1.54, 1.807) is 11.3 Å². The molecule has 2 nitrogen and oxygen atoms in total. The second kappa shape index (κ2) is 6.64. The van der Waals surface area contributed by atoms with Crippen LogP contribution in [0.4, 0.5) is 5.69 Å². The zero-order chi connectivity index (χ0) is 13.8. The lowest BCUT2D eigenvalue weighted by Gasteiger charge is -2.09. The minimum atomic E-state index is 0.620. The second-order valence-corrected chi connectivity index (χ2v) is 6.65. The van der Waals surface area contributed by atoms with Crippen molar-refractivity contribution in [3.63, 3.8) is 0 Å². The SMILES string of the molecule is CCOc1ccc(NCc2cc(Br)c(C)s2)cc1Cl. The Kier molecular flexibility index (Phi) is 5.13. The number of hydrogen-bond acceptors (Lipinski definition) is 3. The summed E-state index contributed by atoms with van der Waals surface area (Å²) in [6.07, 6.45) is 0. The first-order chi connectivity index (χ1) is 9.10. The van der Waals surface area contributed by atoms with Crippen LogP contribution < -0.4 is 10.1 Å². The predicted octanol–water partition coefficient (Wildman–Crippen LogP) is 5.48. The summed E-state index contributed by atoms with van der Waals surface area (Å²) in [5, 5.41) is 4.00. The molecule has 5 heteroatoms. The van der Waals surface area contributed by atoms with Crippen molar-refractivity contribution in [3.8, 4) is 5.75 Å². The minimum Gasteiger partial charge on any atom is -0.492 e. The third kappa shape index (κ3) is 3.88. The van der Waals surface area contributed by atoms with Crippen LogP contribution in [0.1, 0.15) is 16.7 Å². The van der Waals surface area contributed by atoms with Crippen molar-refractivity contribution in [1.29, 1.82) is 0 Å². The molecule has 0 radical (unpaired) electrons. The molecule has 1 aromatic carbocycles. The summed E-state index contributed by atoms with van der Waals surface area (Å²) < 4.78 is 6.58. The van der Waals surface area contributed by atoms with Gasteiger partial charge in [-0.25, -0.2) is 0 Å². The highest BCUT2D eigenvalue weighted by Crippen LogP contribution is 2.29. The van der Waals surface area contributed by atoms with E-state index in [4.69, 9.17) is 16.3 Å². The van der Waals surface area contributed by atoms with E-state index in [1.165, 1.54) is 14.2 Å². The molecule has 0 spiro atoms. The first kappa shape index (κ1) is 14.7. The predicted molar refractivity (Wildman–Crippen MR) is 86.7 cm³/mol. The summed E-state index contributed by atoms with van der Waals surface area (Å²) in [6.45, 7) is 5.46. The standard InChI is InChI=1S/C14H15BrClNOS/c1-3-18-14-5-4-10(6-13(14)16)17-8-11-7-12(15)9(2)19-11/h4-7,17H,3,8H2,1-2H3. The van der Waals surface area contributed by atoms with Crippen LogP contribution in [0.3, 0.4) is 0 Å². The molecule has 1 N–H and O–H groups in total. The molecule has 0 unspecified atom stereocenters. The highest BCUT2D eigenvalue weighted by Gasteiger charge is 2.05. The molecule has 0 fully saturated rings. The fourth-order valence-corrected chi connectivity index (χ4v) is 3.45. The van der Waals surface area contributed by atoms with Gasteiger partial charge in [0, 0.05) is 26.5 Å². The van der Waals surface area contributed by atoms with Crippen molar-refractivity contribution < 1.29 is 4.74 Å². The maximum Gasteiger partial charge on any atom is 0.138 e. The molecule has 0 atom stereocenters. The lowest BCUT2D eigenvalue weighted by Crippen LogP contribution is -1.98. The van der Waals surface area contributed by atoms with Gasteiger partial charge < -0.3 is 10.1 Å². The Balaban J connectivity index is 2.01. The maximum atomic E-state index is 6.15. The third-order valence-corrected chi connectivity index (χ3v) is 5.04. The van der Waals surface area contributed by atoms with Crippen molar-refractivity contribution in [2.45, 2.75) is 20.4 Å². The molecule has 0 saturated heterocycles. The smallest absolute Gasteiger partial charge is 0.138 e. The second-order valence-electron chi connectivity index (χ2n) is 4.05. The molecule has 0 bridgehead atoms. The van der Waals surface area contributed by atoms with Crippen molar-refractivity contribution in [2.24, 2.45) is 0 Å². The lowest BCUT2D eigenvalue weighted by atomic mass is 10.3. The number of ether oxygens (including phenoxy) is 1. The van der Waals surface area contributed by atoms with Crippen LogP contribution in [-0.4, -0.2) is 6.61 Å². The van der Waals surface area contributed by atoms with Gasteiger partial charge in [0.15, 0.2) is 0 Å². The van der Waals surface area contributed by atoms with E-state index in [1.807, 2.05) is 25.1 Å². The fourth-order valence-electron chi connectivity index (χ4n) is 1.68. The van der Waals surface area contributed by atoms with Gasteiger partial charge in [0.2, 0.25) is 0 Å². The normalized spacial score (nSPS) is 10.5. The van der Waals surface area contributed by atoms with Crippen LogP contribution in [0.5, 0.6) is 5.75 Å². The molecule has 1 heterocycles. The van der Waals surface area contributed by atoms with Crippen molar-refractivity contribution in [2.75, 3.05) is 11.9 Å². The third-order valence-electron chi connectivity index (χ3n) is 2.61. The quantitative estimate of drug-likeness (QED) is 0.762. The minimum absolute atomic E-state index is 0.620. The molecule has 1 aromatic heterocycles. The van der Waals surface area contributed by atoms with E-state index in [0.29, 0.717) is 11.6 Å². The van der Waals surface area contributed by atoms with Crippen LogP contribution in [0.15, 0.2) is 28.7 Å². The maximum absolute atomic E-state index is 6.15. The van der Waals surface area contributed by atoms with Crippen LogP contribution in [0, 0.1) is 6.92 Å². The van der Waals surface area contributed by atoms with Gasteiger partial charge in [-0.3, -0.25) is 0 Å². The van der Waals surface area contributed by atoms with E-state index in [0.717, 1.165) is 18.0 Å². The van der Waals surface area contributed by atoms with Gasteiger partial charge in [0.1, 0.15) is 5.75 Å². The highest BCUT2D eigenvalue weighted by atomic mass is 79.9. The van der Waals surface area contributed by atoms with Crippen molar-refractivity contribution >= 4 is 44.6 Å². The largest absolute Gasteiger partial charge is 0.492 e. The fraction of sp³-hybridized carbons (Fsp3) is 0.286. The molecule has 2 aromatic rings. The molecule has 102 valence electrons. The van der Waals surface area contributed by atoms with Gasteiger partial charge in [0.25, 0.3) is 0 Å². The summed E-state index contributed by atoms with van der Waals surface area (Å²) in [4.78, 5) is 2.58. The lowest BCUT2D eigenvalue weighted by molar-refractivity contribution is 0.340. The van der Waals surface area contributed by atoms with Gasteiger partial charge in [-0.15, -0.1) is 11.3 Å². The molecule has 0 aliphatic heterocycles. The zero-order valence-corrected chi connectivity index (χ0v) is 14.0. The summed E-state index contributed by atoms with van der Waals surface area (Å²) in [6, 6.07) is 7.90. The number of halogens is 2. The van der Waals surface area contributed by atoms with E-state index in [2.05, 4.69) is 34.2 Å². The Morgan fingerprint density at radius 3 is 2.74 bits per heavy atom. The molecule has 0 saturated carbocycles. The van der Waals surface area contributed by atoms with E-state index >= 15 is 0 Å². The summed E-state index contributed by atoms with van der Waals surface area (Å²) in [5.41, 5.74) is 0.996. The molecule has 0 amide bonds. The average Bonchev–Trinajstić information content (AvgIpc) is 2.70. The van der Waals surface area contributed by atoms with E-state index in [-0.39, 0.29) is 0 Å². The Morgan fingerprint density at radius 1 is 1.37 bits per heavy atom. The molecule has 2 rings (SSSR count). The first-order valence-corrected chi connectivity index (χ1v) is 8.00. The number of aryl methyl sites for hydroxylation is 1. The molecular formula is C14H15BrClNOS. The van der Waals surface area contributed by atoms with Gasteiger partial charge in [-0.05, 0) is 54.0 Å². The topological polar surface area (TPSA) is 21.3 Å². The van der Waals surface area contributed by atoms with Crippen molar-refractivity contribution in [3.05, 3.63) is 43.5 Å². The first-order valence-electron chi connectivity index (χ1n) is 6.01. The highest BCUT2D eigenvalue weighted by molar-refractivity contribution is 9.10. The summed E-state index contributed by atoms with van der Waals surface area (Å²) >= 11 is 11.5. The van der Waals surface area contributed by atoms with Gasteiger partial charge >= 0.3 is 0 Å². The van der Waals surface area contributed by atoms with Gasteiger partial charge in [-0.2, -0.15) is 0 Å². The van der Waals surface area contributed by atoms with Crippen LogP contribution in [-0.2, 0) is 6.54 Å². The van der Waals surface area contributed by atoms with Crippen LogP contribution in [0.2, 0.25) is 5.02 Å². The Morgan fingerprint density at radius 2 is 2.16 bits per heavy atom. The number of benzene rings is 1. The molecule has 19 heavy (non-hydrogen) atoms. The molecular weight excluding hydrogens is 346 g/mol. The summed E-state index contributed by atoms with van der Waals surface area (Å²) in [7, 11) is 0.